The molecule has 0 heterocycles. The molecule has 0 saturated heterocycles. The third kappa shape index (κ3) is 5.87. The van der Waals surface area contributed by atoms with Crippen molar-refractivity contribution in [2.45, 2.75) is 47.0 Å². The Morgan fingerprint density at radius 1 is 1.09 bits per heavy atom. The quantitative estimate of drug-likeness (QED) is 0.717. The molecule has 0 aliphatic carbocycles. The second kappa shape index (κ2) is 9.56. The number of carbonyl (C=O) groups excluding carboxylic acids is 2. The monoisotopic (exact) mass is 338 g/mol. The Morgan fingerprint density at radius 3 is 2.17 bits per heavy atom. The molecular formula is C18H27ClN2O2. The smallest absolute Gasteiger partial charge is 0.224 e. The number of hydrogen-bond donors (Lipinski definition) is 0. The van der Waals surface area contributed by atoms with Gasteiger partial charge in [-0.05, 0) is 37.5 Å². The molecule has 1 aromatic carbocycles. The molecule has 0 atom stereocenters. The van der Waals surface area contributed by atoms with Crippen LogP contribution in [0.1, 0.15) is 45.6 Å². The lowest BCUT2D eigenvalue weighted by atomic mass is 10.2. The topological polar surface area (TPSA) is 40.6 Å². The summed E-state index contributed by atoms with van der Waals surface area (Å²) in [7, 11) is 0. The van der Waals surface area contributed by atoms with E-state index in [4.69, 9.17) is 11.6 Å². The van der Waals surface area contributed by atoms with Crippen molar-refractivity contribution < 1.29 is 9.59 Å². The van der Waals surface area contributed by atoms with Crippen LogP contribution in [0.4, 0.5) is 5.69 Å². The van der Waals surface area contributed by atoms with E-state index in [1.807, 2.05) is 24.0 Å². The van der Waals surface area contributed by atoms with E-state index in [0.717, 1.165) is 37.2 Å². The average Bonchev–Trinajstić information content (AvgIpc) is 2.50. The number of nitrogens with zero attached hydrogens (tertiary/aromatic N) is 2. The second-order valence-electron chi connectivity index (χ2n) is 5.73. The molecule has 0 unspecified atom stereocenters. The van der Waals surface area contributed by atoms with Gasteiger partial charge in [-0.25, -0.2) is 0 Å². The van der Waals surface area contributed by atoms with E-state index >= 15 is 0 Å². The minimum atomic E-state index is -0.0877. The van der Waals surface area contributed by atoms with Gasteiger partial charge in [-0.1, -0.05) is 31.5 Å². The van der Waals surface area contributed by atoms with Crippen molar-refractivity contribution in [2.24, 2.45) is 0 Å². The van der Waals surface area contributed by atoms with Gasteiger partial charge in [0.2, 0.25) is 11.8 Å². The molecule has 0 aliphatic rings. The van der Waals surface area contributed by atoms with Gasteiger partial charge in [0.1, 0.15) is 0 Å². The first kappa shape index (κ1) is 19.5. The maximum Gasteiger partial charge on any atom is 0.224 e. The molecule has 0 radical (unpaired) electrons. The zero-order valence-corrected chi connectivity index (χ0v) is 15.3. The Morgan fingerprint density at radius 2 is 1.70 bits per heavy atom. The van der Waals surface area contributed by atoms with Gasteiger partial charge in [0.25, 0.3) is 0 Å². The van der Waals surface area contributed by atoms with Crippen LogP contribution in [0.2, 0.25) is 5.02 Å². The second-order valence-corrected chi connectivity index (χ2v) is 6.14. The lowest BCUT2D eigenvalue weighted by Crippen LogP contribution is -2.37. The fourth-order valence-corrected chi connectivity index (χ4v) is 2.66. The minimum absolute atomic E-state index is 0.0877. The van der Waals surface area contributed by atoms with Crippen molar-refractivity contribution >= 4 is 29.1 Å². The van der Waals surface area contributed by atoms with Gasteiger partial charge in [0.15, 0.2) is 0 Å². The number of amides is 2. The minimum Gasteiger partial charge on any atom is -0.343 e. The molecule has 0 aliphatic heterocycles. The van der Waals surface area contributed by atoms with E-state index in [9.17, 15) is 9.59 Å². The summed E-state index contributed by atoms with van der Waals surface area (Å²) in [6, 6.07) is 5.53. The van der Waals surface area contributed by atoms with E-state index in [1.165, 1.54) is 6.92 Å². The summed E-state index contributed by atoms with van der Waals surface area (Å²) in [5.41, 5.74) is 1.70. The van der Waals surface area contributed by atoms with Crippen LogP contribution < -0.4 is 4.90 Å². The summed E-state index contributed by atoms with van der Waals surface area (Å²) < 4.78 is 0. The van der Waals surface area contributed by atoms with E-state index in [1.54, 1.807) is 11.0 Å². The van der Waals surface area contributed by atoms with E-state index in [2.05, 4.69) is 13.8 Å². The molecule has 0 aromatic heterocycles. The van der Waals surface area contributed by atoms with Crippen LogP contribution in [0.5, 0.6) is 0 Å². The molecule has 0 saturated carbocycles. The van der Waals surface area contributed by atoms with Crippen molar-refractivity contribution in [2.75, 3.05) is 24.5 Å². The van der Waals surface area contributed by atoms with Crippen LogP contribution >= 0.6 is 11.6 Å². The molecule has 23 heavy (non-hydrogen) atoms. The third-order valence-electron chi connectivity index (χ3n) is 3.74. The summed E-state index contributed by atoms with van der Waals surface area (Å²) in [5.74, 6) is 0.00779. The summed E-state index contributed by atoms with van der Waals surface area (Å²) in [4.78, 5) is 27.8. The summed E-state index contributed by atoms with van der Waals surface area (Å²) in [6.45, 7) is 9.46. The van der Waals surface area contributed by atoms with Crippen molar-refractivity contribution in [3.63, 3.8) is 0 Å². The highest BCUT2D eigenvalue weighted by atomic mass is 35.5. The molecule has 4 nitrogen and oxygen atoms in total. The first-order valence-electron chi connectivity index (χ1n) is 8.22. The number of carbonyl (C=O) groups is 2. The summed E-state index contributed by atoms with van der Waals surface area (Å²) in [5, 5.41) is 0.624. The Labute approximate surface area is 144 Å². The highest BCUT2D eigenvalue weighted by Crippen LogP contribution is 2.23. The molecular weight excluding hydrogens is 312 g/mol. The SMILES string of the molecule is CCCN(CCC)C(=O)CCN(C(C)=O)c1ccc(C)c(Cl)c1. The standard InChI is InChI=1S/C18H27ClN2O2/c1-5-10-20(11-6-2)18(23)9-12-21(15(4)22)16-8-7-14(3)17(19)13-16/h7-8,13H,5-6,9-12H2,1-4H3. The fourth-order valence-electron chi connectivity index (χ4n) is 2.48. The van der Waals surface area contributed by atoms with Gasteiger partial charge in [0.05, 0.1) is 0 Å². The first-order valence-corrected chi connectivity index (χ1v) is 8.60. The van der Waals surface area contributed by atoms with Crippen molar-refractivity contribution in [1.82, 2.24) is 4.90 Å². The highest BCUT2D eigenvalue weighted by molar-refractivity contribution is 6.31. The molecule has 0 fully saturated rings. The number of aryl methyl sites for hydroxylation is 1. The van der Waals surface area contributed by atoms with Crippen LogP contribution in [0.3, 0.4) is 0 Å². The lowest BCUT2D eigenvalue weighted by molar-refractivity contribution is -0.131. The maximum atomic E-state index is 12.4. The molecule has 0 bridgehead atoms. The predicted molar refractivity (Wildman–Crippen MR) is 96.0 cm³/mol. The molecule has 5 heteroatoms. The number of hydrogen-bond acceptors (Lipinski definition) is 2. The van der Waals surface area contributed by atoms with Gasteiger partial charge < -0.3 is 9.80 Å². The van der Waals surface area contributed by atoms with Crippen LogP contribution in [0.15, 0.2) is 18.2 Å². The molecule has 1 rings (SSSR count). The molecule has 0 spiro atoms. The van der Waals surface area contributed by atoms with E-state index < -0.39 is 0 Å². The van der Waals surface area contributed by atoms with Crippen molar-refractivity contribution in [1.29, 1.82) is 0 Å². The Bertz CT molecular complexity index is 540. The summed E-state index contributed by atoms with van der Waals surface area (Å²) >= 11 is 6.15. The summed E-state index contributed by atoms with van der Waals surface area (Å²) in [6.07, 6.45) is 2.20. The van der Waals surface area contributed by atoms with Crippen LogP contribution in [-0.4, -0.2) is 36.3 Å². The van der Waals surface area contributed by atoms with E-state index in [0.29, 0.717) is 18.0 Å². The zero-order chi connectivity index (χ0) is 17.4. The number of rotatable bonds is 8. The highest BCUT2D eigenvalue weighted by Gasteiger charge is 2.17. The molecule has 2 amide bonds. The van der Waals surface area contributed by atoms with Crippen molar-refractivity contribution in [3.05, 3.63) is 28.8 Å². The number of halogens is 1. The zero-order valence-electron chi connectivity index (χ0n) is 14.6. The van der Waals surface area contributed by atoms with Gasteiger partial charge >= 0.3 is 0 Å². The van der Waals surface area contributed by atoms with Gasteiger partial charge in [0, 0.05) is 43.7 Å². The van der Waals surface area contributed by atoms with Crippen LogP contribution in [-0.2, 0) is 9.59 Å². The Balaban J connectivity index is 2.78. The van der Waals surface area contributed by atoms with E-state index in [-0.39, 0.29) is 11.8 Å². The third-order valence-corrected chi connectivity index (χ3v) is 4.14. The number of anilines is 1. The number of benzene rings is 1. The van der Waals surface area contributed by atoms with Gasteiger partial charge in [-0.2, -0.15) is 0 Å². The fraction of sp³-hybridized carbons (Fsp3) is 0.556. The maximum absolute atomic E-state index is 12.4. The van der Waals surface area contributed by atoms with Crippen LogP contribution in [0.25, 0.3) is 0 Å². The molecule has 1 aromatic rings. The Hall–Kier alpha value is -1.55. The lowest BCUT2D eigenvalue weighted by Gasteiger charge is -2.25. The van der Waals surface area contributed by atoms with Crippen molar-refractivity contribution in [3.8, 4) is 0 Å². The molecule has 0 N–H and O–H groups in total. The Kier molecular flexibility index (Phi) is 8.10. The van der Waals surface area contributed by atoms with Gasteiger partial charge in [-0.15, -0.1) is 0 Å². The normalized spacial score (nSPS) is 10.5. The van der Waals surface area contributed by atoms with Gasteiger partial charge in [-0.3, -0.25) is 9.59 Å². The van der Waals surface area contributed by atoms with Crippen LogP contribution in [0, 0.1) is 6.92 Å². The first-order chi connectivity index (χ1) is 10.9. The predicted octanol–water partition coefficient (Wildman–Crippen LogP) is 4.04. The average molecular weight is 339 g/mol. The largest absolute Gasteiger partial charge is 0.343 e. The molecule has 128 valence electrons.